The molecule has 0 atom stereocenters. The fraction of sp³-hybridized carbons (Fsp3) is 0.375. The number of rotatable bonds is 5. The summed E-state index contributed by atoms with van der Waals surface area (Å²) in [5, 5.41) is 10.3. The molecule has 2 rings (SSSR count). The molecular weight excluding hydrogens is 288 g/mol. The van der Waals surface area contributed by atoms with Crippen LogP contribution in [0.3, 0.4) is 0 Å². The van der Waals surface area contributed by atoms with Gasteiger partial charge in [0.15, 0.2) is 11.5 Å². The number of aliphatic hydroxyl groups is 1. The van der Waals surface area contributed by atoms with Crippen LogP contribution in [0.2, 0.25) is 0 Å². The molecule has 0 bridgehead atoms. The number of aryl methyl sites for hydroxylation is 1. The van der Waals surface area contributed by atoms with E-state index in [9.17, 15) is 14.7 Å². The number of carbonyl (C=O) groups is 2. The van der Waals surface area contributed by atoms with Gasteiger partial charge in [-0.25, -0.2) is 4.79 Å². The second-order valence-electron chi connectivity index (χ2n) is 4.74. The molecule has 1 N–H and O–H groups in total. The molecule has 22 heavy (non-hydrogen) atoms. The minimum Gasteiger partial charge on any atom is -0.507 e. The Bertz CT molecular complexity index is 644. The van der Waals surface area contributed by atoms with E-state index in [2.05, 4.69) is 0 Å². The van der Waals surface area contributed by atoms with Crippen LogP contribution in [0.4, 0.5) is 0 Å². The van der Waals surface area contributed by atoms with Crippen LogP contribution in [0.25, 0.3) is 5.76 Å². The van der Waals surface area contributed by atoms with Gasteiger partial charge in [-0.05, 0) is 37.5 Å². The second kappa shape index (κ2) is 6.51. The molecule has 0 aromatic heterocycles. The van der Waals surface area contributed by atoms with Crippen molar-refractivity contribution in [2.24, 2.45) is 0 Å². The highest BCUT2D eigenvalue weighted by atomic mass is 16.5. The predicted octanol–water partition coefficient (Wildman–Crippen LogP) is 2.05. The highest BCUT2D eigenvalue weighted by Crippen LogP contribution is 2.38. The molecule has 0 unspecified atom stereocenters. The third kappa shape index (κ3) is 2.77. The van der Waals surface area contributed by atoms with Crippen LogP contribution in [0.15, 0.2) is 17.7 Å². The quantitative estimate of drug-likeness (QED) is 0.662. The molecule has 0 saturated carbocycles. The zero-order valence-electron chi connectivity index (χ0n) is 12.8. The first-order valence-electron chi connectivity index (χ1n) is 6.92. The van der Waals surface area contributed by atoms with E-state index in [1.54, 1.807) is 19.1 Å². The average Bonchev–Trinajstić information content (AvgIpc) is 2.53. The third-order valence-corrected chi connectivity index (χ3v) is 3.53. The Kier molecular flexibility index (Phi) is 4.70. The van der Waals surface area contributed by atoms with Crippen LogP contribution >= 0.6 is 0 Å². The number of hydrogen-bond donors (Lipinski definition) is 1. The van der Waals surface area contributed by atoms with E-state index in [-0.39, 0.29) is 24.4 Å². The Balaban J connectivity index is 2.46. The number of Topliss-reactive ketones (excluding diaryl/α,β-unsaturated/α-hetero) is 1. The normalized spacial score (nSPS) is 13.4. The van der Waals surface area contributed by atoms with Crippen molar-refractivity contribution >= 4 is 17.5 Å². The smallest absolute Gasteiger partial charge is 0.379 e. The third-order valence-electron chi connectivity index (χ3n) is 3.53. The standard InChI is InChI=1S/C16H18O6/c1-4-22-16(19)15(18)10-6-5-9-7-12(20-2)13(21-3)8-11(9)14(10)17/h7-8,17H,4-6H2,1-3H3. The predicted molar refractivity (Wildman–Crippen MR) is 79.1 cm³/mol. The molecule has 1 aromatic rings. The minimum absolute atomic E-state index is 0.0677. The number of ketones is 1. The molecule has 1 aliphatic carbocycles. The van der Waals surface area contributed by atoms with Crippen molar-refractivity contribution in [3.05, 3.63) is 28.8 Å². The number of aliphatic hydroxyl groups excluding tert-OH is 1. The molecule has 0 radical (unpaired) electrons. The van der Waals surface area contributed by atoms with E-state index >= 15 is 0 Å². The summed E-state index contributed by atoms with van der Waals surface area (Å²) in [5.74, 6) is -0.972. The highest BCUT2D eigenvalue weighted by molar-refractivity contribution is 6.41. The molecule has 1 aromatic carbocycles. The van der Waals surface area contributed by atoms with Gasteiger partial charge in [-0.3, -0.25) is 4.79 Å². The van der Waals surface area contributed by atoms with Crippen LogP contribution in [0.1, 0.15) is 24.5 Å². The van der Waals surface area contributed by atoms with Crippen molar-refractivity contribution in [1.29, 1.82) is 0 Å². The van der Waals surface area contributed by atoms with Gasteiger partial charge in [-0.1, -0.05) is 0 Å². The lowest BCUT2D eigenvalue weighted by Crippen LogP contribution is -2.22. The van der Waals surface area contributed by atoms with Crippen molar-refractivity contribution in [1.82, 2.24) is 0 Å². The summed E-state index contributed by atoms with van der Waals surface area (Å²) in [4.78, 5) is 23.6. The molecule has 6 nitrogen and oxygen atoms in total. The van der Waals surface area contributed by atoms with E-state index in [0.29, 0.717) is 23.5 Å². The molecule has 118 valence electrons. The first-order valence-corrected chi connectivity index (χ1v) is 6.92. The number of hydrogen-bond acceptors (Lipinski definition) is 6. The Hall–Kier alpha value is -2.50. The number of ether oxygens (including phenoxy) is 3. The monoisotopic (exact) mass is 306 g/mol. The number of carbonyl (C=O) groups excluding carboxylic acids is 2. The maximum atomic E-state index is 12.0. The Morgan fingerprint density at radius 1 is 1.14 bits per heavy atom. The summed E-state index contributed by atoms with van der Waals surface area (Å²) >= 11 is 0. The van der Waals surface area contributed by atoms with Gasteiger partial charge in [0, 0.05) is 11.1 Å². The SMILES string of the molecule is CCOC(=O)C(=O)C1=C(O)c2cc(OC)c(OC)cc2CC1. The van der Waals surface area contributed by atoms with Crippen LogP contribution in [0.5, 0.6) is 11.5 Å². The first-order chi connectivity index (χ1) is 10.5. The maximum Gasteiger partial charge on any atom is 0.379 e. The van der Waals surface area contributed by atoms with Gasteiger partial charge >= 0.3 is 5.97 Å². The molecule has 1 aliphatic rings. The fourth-order valence-electron chi connectivity index (χ4n) is 2.43. The lowest BCUT2D eigenvalue weighted by atomic mass is 9.88. The van der Waals surface area contributed by atoms with E-state index in [4.69, 9.17) is 14.2 Å². The zero-order chi connectivity index (χ0) is 16.3. The van der Waals surface area contributed by atoms with Crippen molar-refractivity contribution in [3.63, 3.8) is 0 Å². The van der Waals surface area contributed by atoms with Crippen LogP contribution < -0.4 is 9.47 Å². The summed E-state index contributed by atoms with van der Waals surface area (Å²) in [5.41, 5.74) is 1.37. The van der Waals surface area contributed by atoms with E-state index < -0.39 is 11.8 Å². The largest absolute Gasteiger partial charge is 0.507 e. The molecule has 0 spiro atoms. The lowest BCUT2D eigenvalue weighted by Gasteiger charge is -2.20. The van der Waals surface area contributed by atoms with Crippen LogP contribution in [-0.4, -0.2) is 37.7 Å². The highest BCUT2D eigenvalue weighted by Gasteiger charge is 2.29. The summed E-state index contributed by atoms with van der Waals surface area (Å²) in [6.45, 7) is 1.73. The molecule has 0 saturated heterocycles. The van der Waals surface area contributed by atoms with Crippen molar-refractivity contribution in [2.75, 3.05) is 20.8 Å². The molecule has 6 heteroatoms. The molecule has 0 heterocycles. The Morgan fingerprint density at radius 2 is 1.77 bits per heavy atom. The summed E-state index contributed by atoms with van der Waals surface area (Å²) < 4.78 is 15.1. The molecule has 0 fully saturated rings. The van der Waals surface area contributed by atoms with Crippen LogP contribution in [0, 0.1) is 0 Å². The van der Waals surface area contributed by atoms with Gasteiger partial charge in [0.05, 0.1) is 20.8 Å². The van der Waals surface area contributed by atoms with Gasteiger partial charge < -0.3 is 19.3 Å². The van der Waals surface area contributed by atoms with Gasteiger partial charge in [0.2, 0.25) is 0 Å². The first kappa shape index (κ1) is 15.9. The Labute approximate surface area is 128 Å². The lowest BCUT2D eigenvalue weighted by molar-refractivity contribution is -0.151. The van der Waals surface area contributed by atoms with Gasteiger partial charge in [-0.15, -0.1) is 0 Å². The fourth-order valence-corrected chi connectivity index (χ4v) is 2.43. The zero-order valence-corrected chi connectivity index (χ0v) is 12.8. The van der Waals surface area contributed by atoms with Gasteiger partial charge in [0.25, 0.3) is 5.78 Å². The minimum atomic E-state index is -0.951. The number of methoxy groups -OCH3 is 2. The molecule has 0 aliphatic heterocycles. The van der Waals surface area contributed by atoms with Crippen molar-refractivity contribution < 1.29 is 28.9 Å². The van der Waals surface area contributed by atoms with Crippen molar-refractivity contribution in [3.8, 4) is 11.5 Å². The van der Waals surface area contributed by atoms with Gasteiger partial charge in [0.1, 0.15) is 5.76 Å². The number of esters is 1. The van der Waals surface area contributed by atoms with Gasteiger partial charge in [-0.2, -0.15) is 0 Å². The summed E-state index contributed by atoms with van der Waals surface area (Å²) in [6.07, 6.45) is 0.784. The Morgan fingerprint density at radius 3 is 2.36 bits per heavy atom. The average molecular weight is 306 g/mol. The molecule has 0 amide bonds. The number of benzene rings is 1. The van der Waals surface area contributed by atoms with E-state index in [1.807, 2.05) is 0 Å². The topological polar surface area (TPSA) is 82.1 Å². The number of fused-ring (bicyclic) bond motifs is 1. The van der Waals surface area contributed by atoms with Crippen LogP contribution in [-0.2, 0) is 20.7 Å². The second-order valence-corrected chi connectivity index (χ2v) is 4.74. The summed E-state index contributed by atoms with van der Waals surface area (Å²) in [7, 11) is 3.01. The van der Waals surface area contributed by atoms with E-state index in [1.165, 1.54) is 14.2 Å². The maximum absolute atomic E-state index is 12.0. The molecular formula is C16H18O6. The summed E-state index contributed by atoms with van der Waals surface area (Å²) in [6, 6.07) is 3.36. The van der Waals surface area contributed by atoms with Crippen molar-refractivity contribution in [2.45, 2.75) is 19.8 Å². The van der Waals surface area contributed by atoms with E-state index in [0.717, 1.165) is 5.56 Å².